The van der Waals surface area contributed by atoms with Crippen molar-refractivity contribution < 1.29 is 5.11 Å². The molecule has 0 saturated heterocycles. The molecule has 1 aliphatic rings. The van der Waals surface area contributed by atoms with Crippen LogP contribution < -0.4 is 0 Å². The lowest BCUT2D eigenvalue weighted by Gasteiger charge is -2.19. The summed E-state index contributed by atoms with van der Waals surface area (Å²) >= 11 is 0. The van der Waals surface area contributed by atoms with Gasteiger partial charge in [-0.15, -0.1) is 0 Å². The van der Waals surface area contributed by atoms with E-state index in [9.17, 15) is 5.11 Å². The Morgan fingerprint density at radius 2 is 1.83 bits per heavy atom. The van der Waals surface area contributed by atoms with Crippen molar-refractivity contribution in [2.45, 2.75) is 26.7 Å². The van der Waals surface area contributed by atoms with E-state index >= 15 is 0 Å². The summed E-state index contributed by atoms with van der Waals surface area (Å²) in [6.45, 7) is 5.94. The van der Waals surface area contributed by atoms with Crippen LogP contribution in [-0.4, -0.2) is 37.3 Å². The number of aliphatic hydroxyl groups is 1. The third kappa shape index (κ3) is 1.64. The molecule has 0 amide bonds. The molecule has 0 bridgehead atoms. The van der Waals surface area contributed by atoms with Crippen molar-refractivity contribution in [1.82, 2.24) is 4.90 Å². The largest absolute Gasteiger partial charge is 0.396 e. The van der Waals surface area contributed by atoms with Gasteiger partial charge >= 0.3 is 0 Å². The van der Waals surface area contributed by atoms with Gasteiger partial charge in [0.05, 0.1) is 0 Å². The fourth-order valence-electron chi connectivity index (χ4n) is 2.02. The summed E-state index contributed by atoms with van der Waals surface area (Å²) in [4.78, 5) is 2.19. The van der Waals surface area contributed by atoms with Gasteiger partial charge in [0, 0.05) is 12.0 Å². The Morgan fingerprint density at radius 3 is 2.08 bits per heavy atom. The molecule has 72 valence electrons. The molecular weight excluding hydrogens is 150 g/mol. The van der Waals surface area contributed by atoms with Crippen LogP contribution in [0.15, 0.2) is 0 Å². The van der Waals surface area contributed by atoms with Crippen molar-refractivity contribution in [3.05, 3.63) is 0 Å². The molecule has 0 radical (unpaired) electrons. The molecule has 0 heterocycles. The molecule has 12 heavy (non-hydrogen) atoms. The highest BCUT2D eigenvalue weighted by Gasteiger charge is 2.59. The van der Waals surface area contributed by atoms with Crippen LogP contribution in [0.4, 0.5) is 0 Å². The standard InChI is InChI=1S/C10H21NO/c1-9(2)7-10(9,8-12)5-6-11(3)4/h12H,5-8H2,1-4H3. The molecule has 1 unspecified atom stereocenters. The first-order valence-corrected chi connectivity index (χ1v) is 4.69. The third-order valence-corrected chi connectivity index (χ3v) is 3.43. The molecule has 0 aromatic heterocycles. The van der Waals surface area contributed by atoms with E-state index in [-0.39, 0.29) is 5.41 Å². The molecule has 1 N–H and O–H groups in total. The maximum absolute atomic E-state index is 9.29. The van der Waals surface area contributed by atoms with Crippen molar-refractivity contribution in [3.63, 3.8) is 0 Å². The van der Waals surface area contributed by atoms with Crippen LogP contribution in [0, 0.1) is 10.8 Å². The Kier molecular flexibility index (Phi) is 2.50. The lowest BCUT2D eigenvalue weighted by Crippen LogP contribution is -2.22. The number of hydrogen-bond donors (Lipinski definition) is 1. The van der Waals surface area contributed by atoms with Crippen LogP contribution in [0.1, 0.15) is 26.7 Å². The average molecular weight is 171 g/mol. The van der Waals surface area contributed by atoms with E-state index in [2.05, 4.69) is 32.8 Å². The van der Waals surface area contributed by atoms with E-state index < -0.39 is 0 Å². The van der Waals surface area contributed by atoms with Gasteiger partial charge in [0.2, 0.25) is 0 Å². The van der Waals surface area contributed by atoms with Crippen molar-refractivity contribution in [2.75, 3.05) is 27.2 Å². The molecule has 1 fully saturated rings. The van der Waals surface area contributed by atoms with Gasteiger partial charge in [-0.25, -0.2) is 0 Å². The van der Waals surface area contributed by atoms with Crippen molar-refractivity contribution in [2.24, 2.45) is 10.8 Å². The van der Waals surface area contributed by atoms with Crippen LogP contribution in [0.25, 0.3) is 0 Å². The molecule has 1 saturated carbocycles. The van der Waals surface area contributed by atoms with Gasteiger partial charge in [-0.3, -0.25) is 0 Å². The van der Waals surface area contributed by atoms with Crippen molar-refractivity contribution >= 4 is 0 Å². The van der Waals surface area contributed by atoms with E-state index in [4.69, 9.17) is 0 Å². The second kappa shape index (κ2) is 3.00. The van der Waals surface area contributed by atoms with Gasteiger partial charge in [-0.05, 0) is 38.9 Å². The number of hydrogen-bond acceptors (Lipinski definition) is 2. The summed E-state index contributed by atoms with van der Waals surface area (Å²) in [6.07, 6.45) is 2.31. The Hall–Kier alpha value is -0.0800. The first-order chi connectivity index (χ1) is 5.43. The molecule has 0 aliphatic heterocycles. The summed E-state index contributed by atoms with van der Waals surface area (Å²) in [6, 6.07) is 0. The Balaban J connectivity index is 2.40. The van der Waals surface area contributed by atoms with Crippen LogP contribution in [0.3, 0.4) is 0 Å². The van der Waals surface area contributed by atoms with Crippen LogP contribution >= 0.6 is 0 Å². The topological polar surface area (TPSA) is 23.5 Å². The van der Waals surface area contributed by atoms with Crippen molar-refractivity contribution in [3.8, 4) is 0 Å². The monoisotopic (exact) mass is 171 g/mol. The summed E-state index contributed by atoms with van der Waals surface area (Å²) in [7, 11) is 4.17. The molecule has 2 nitrogen and oxygen atoms in total. The molecule has 1 rings (SSSR count). The molecule has 1 atom stereocenters. The zero-order valence-corrected chi connectivity index (χ0v) is 8.72. The third-order valence-electron chi connectivity index (χ3n) is 3.43. The summed E-state index contributed by atoms with van der Waals surface area (Å²) in [5, 5.41) is 9.29. The van der Waals surface area contributed by atoms with Gasteiger partial charge in [-0.2, -0.15) is 0 Å². The Labute approximate surface area is 75.6 Å². The highest BCUT2D eigenvalue weighted by molar-refractivity contribution is 5.09. The average Bonchev–Trinajstić information content (AvgIpc) is 2.51. The molecule has 0 aromatic carbocycles. The van der Waals surface area contributed by atoms with E-state index in [1.807, 2.05) is 0 Å². The number of nitrogens with zero attached hydrogens (tertiary/aromatic N) is 1. The van der Waals surface area contributed by atoms with Crippen molar-refractivity contribution in [1.29, 1.82) is 0 Å². The summed E-state index contributed by atoms with van der Waals surface area (Å²) in [5.74, 6) is 0. The minimum atomic E-state index is 0.233. The SMILES string of the molecule is CN(C)CCC1(CO)CC1(C)C. The molecular formula is C10H21NO. The van der Waals surface area contributed by atoms with Gasteiger partial charge < -0.3 is 10.0 Å². The smallest absolute Gasteiger partial charge is 0.0493 e. The van der Waals surface area contributed by atoms with Crippen LogP contribution in [0.5, 0.6) is 0 Å². The first-order valence-electron chi connectivity index (χ1n) is 4.69. The van der Waals surface area contributed by atoms with Gasteiger partial charge in [-0.1, -0.05) is 13.8 Å². The fraction of sp³-hybridized carbons (Fsp3) is 1.00. The zero-order valence-electron chi connectivity index (χ0n) is 8.72. The van der Waals surface area contributed by atoms with E-state index in [0.717, 1.165) is 13.0 Å². The molecule has 0 aromatic rings. The lowest BCUT2D eigenvalue weighted by molar-refractivity contribution is 0.160. The highest BCUT2D eigenvalue weighted by Crippen LogP contribution is 2.65. The quantitative estimate of drug-likeness (QED) is 0.690. The van der Waals surface area contributed by atoms with Gasteiger partial charge in [0.1, 0.15) is 0 Å². The Morgan fingerprint density at radius 1 is 1.33 bits per heavy atom. The molecule has 0 spiro atoms. The predicted octanol–water partition coefficient (Wildman–Crippen LogP) is 1.35. The Bertz CT molecular complexity index is 165. The zero-order chi connectivity index (χ0) is 9.41. The van der Waals surface area contributed by atoms with Gasteiger partial charge in [0.25, 0.3) is 0 Å². The fourth-order valence-corrected chi connectivity index (χ4v) is 2.02. The second-order valence-electron chi connectivity index (χ2n) is 5.05. The summed E-state index contributed by atoms with van der Waals surface area (Å²) < 4.78 is 0. The molecule has 1 aliphatic carbocycles. The van der Waals surface area contributed by atoms with E-state index in [1.165, 1.54) is 6.42 Å². The second-order valence-corrected chi connectivity index (χ2v) is 5.05. The van der Waals surface area contributed by atoms with E-state index in [1.54, 1.807) is 0 Å². The summed E-state index contributed by atoms with van der Waals surface area (Å²) in [5.41, 5.74) is 0.606. The first kappa shape index (κ1) is 10.0. The van der Waals surface area contributed by atoms with Crippen LogP contribution in [0.2, 0.25) is 0 Å². The maximum Gasteiger partial charge on any atom is 0.0493 e. The maximum atomic E-state index is 9.29. The van der Waals surface area contributed by atoms with Crippen LogP contribution in [-0.2, 0) is 0 Å². The normalized spacial score (nSPS) is 32.5. The number of rotatable bonds is 4. The lowest BCUT2D eigenvalue weighted by atomic mass is 9.93. The molecule has 2 heteroatoms. The van der Waals surface area contributed by atoms with Gasteiger partial charge in [0.15, 0.2) is 0 Å². The highest BCUT2D eigenvalue weighted by atomic mass is 16.3. The number of aliphatic hydroxyl groups excluding tert-OH is 1. The predicted molar refractivity (Wildman–Crippen MR) is 51.1 cm³/mol. The minimum absolute atomic E-state index is 0.233. The van der Waals surface area contributed by atoms with E-state index in [0.29, 0.717) is 12.0 Å². The minimum Gasteiger partial charge on any atom is -0.396 e.